The molecule has 0 fully saturated rings. The average Bonchev–Trinajstić information content (AvgIpc) is 2.53. The average molecular weight is 329 g/mol. The monoisotopic (exact) mass is 329 g/mol. The largest absolute Gasteiger partial charge is 0.492 e. The van der Waals surface area contributed by atoms with E-state index in [1.54, 1.807) is 24.3 Å². The second-order valence-electron chi connectivity index (χ2n) is 5.05. The summed E-state index contributed by atoms with van der Waals surface area (Å²) in [5.41, 5.74) is -1.88. The lowest BCUT2D eigenvalue weighted by Crippen LogP contribution is -2.32. The highest BCUT2D eigenvalue weighted by Gasteiger charge is 2.31. The number of carbonyl (C=O) groups is 1. The molecule has 122 valence electrons. The van der Waals surface area contributed by atoms with E-state index >= 15 is 0 Å². The van der Waals surface area contributed by atoms with Crippen LogP contribution in [-0.2, 0) is 9.53 Å². The van der Waals surface area contributed by atoms with Crippen molar-refractivity contribution in [3.8, 4) is 5.88 Å². The highest BCUT2D eigenvalue weighted by Crippen LogP contribution is 2.26. The molecular weight excluding hydrogens is 318 g/mol. The van der Waals surface area contributed by atoms with Crippen LogP contribution in [0.1, 0.15) is 5.82 Å². The van der Waals surface area contributed by atoms with Crippen molar-refractivity contribution in [2.24, 2.45) is 5.92 Å². The molecule has 0 bridgehead atoms. The summed E-state index contributed by atoms with van der Waals surface area (Å²) < 4.78 is 5.45. The van der Waals surface area contributed by atoms with Gasteiger partial charge in [0.1, 0.15) is 11.9 Å². The van der Waals surface area contributed by atoms with E-state index in [0.717, 1.165) is 0 Å². The van der Waals surface area contributed by atoms with Gasteiger partial charge >= 0.3 is 11.2 Å². The number of aromatic nitrogens is 2. The molecule has 3 rings (SSSR count). The number of ketones is 1. The first-order valence-electron chi connectivity index (χ1n) is 6.88. The van der Waals surface area contributed by atoms with E-state index in [4.69, 9.17) is 4.74 Å². The van der Waals surface area contributed by atoms with Crippen LogP contribution in [0.15, 0.2) is 47.0 Å². The molecule has 2 N–H and O–H groups in total. The molecule has 0 spiro atoms. The van der Waals surface area contributed by atoms with Crippen LogP contribution in [0.25, 0.3) is 6.08 Å². The SMILES string of the molecule is O=C1C(/C=C/c2nc(O)c([N+](=O)[O-])c(=O)[nH]2)=CO[C@H]2C=CC=C[C@H]12. The zero-order chi connectivity index (χ0) is 17.3. The van der Waals surface area contributed by atoms with Crippen LogP contribution >= 0.6 is 0 Å². The number of carbonyl (C=O) groups excluding carboxylic acids is 1. The van der Waals surface area contributed by atoms with Gasteiger partial charge in [-0.15, -0.1) is 0 Å². The number of hydrogen-bond donors (Lipinski definition) is 2. The first-order valence-corrected chi connectivity index (χ1v) is 6.88. The molecule has 2 heterocycles. The van der Waals surface area contributed by atoms with Gasteiger partial charge in [-0.1, -0.05) is 18.2 Å². The van der Waals surface area contributed by atoms with Gasteiger partial charge in [0.2, 0.25) is 0 Å². The maximum Gasteiger partial charge on any atom is 0.395 e. The van der Waals surface area contributed by atoms with Crippen molar-refractivity contribution in [3.63, 3.8) is 0 Å². The summed E-state index contributed by atoms with van der Waals surface area (Å²) in [7, 11) is 0. The highest BCUT2D eigenvalue weighted by molar-refractivity contribution is 6.02. The molecule has 0 radical (unpaired) electrons. The Bertz CT molecular complexity index is 893. The van der Waals surface area contributed by atoms with E-state index in [1.165, 1.54) is 18.4 Å². The van der Waals surface area contributed by atoms with E-state index in [1.807, 2.05) is 0 Å². The van der Waals surface area contributed by atoms with Crippen molar-refractivity contribution in [2.75, 3.05) is 0 Å². The summed E-state index contributed by atoms with van der Waals surface area (Å²) >= 11 is 0. The molecule has 0 saturated carbocycles. The number of allylic oxidation sites excluding steroid dienone is 4. The zero-order valence-corrected chi connectivity index (χ0v) is 12.1. The molecule has 2 atom stereocenters. The van der Waals surface area contributed by atoms with Crippen molar-refractivity contribution >= 4 is 17.5 Å². The Morgan fingerprint density at radius 1 is 1.29 bits per heavy atom. The number of nitrogens with one attached hydrogen (secondary N) is 1. The normalized spacial score (nSPS) is 22.2. The Hall–Kier alpha value is -3.49. The molecule has 24 heavy (non-hydrogen) atoms. The van der Waals surface area contributed by atoms with Crippen molar-refractivity contribution < 1.29 is 19.6 Å². The molecule has 0 saturated heterocycles. The Morgan fingerprint density at radius 2 is 2.04 bits per heavy atom. The van der Waals surface area contributed by atoms with E-state index in [0.29, 0.717) is 0 Å². The number of aromatic hydroxyl groups is 1. The molecule has 9 nitrogen and oxygen atoms in total. The lowest BCUT2D eigenvalue weighted by Gasteiger charge is -2.27. The third kappa shape index (κ3) is 2.74. The predicted molar refractivity (Wildman–Crippen MR) is 81.9 cm³/mol. The Labute approximate surface area is 134 Å². The predicted octanol–water partition coefficient (Wildman–Crippen LogP) is 0.991. The minimum Gasteiger partial charge on any atom is -0.492 e. The zero-order valence-electron chi connectivity index (χ0n) is 12.1. The molecule has 0 unspecified atom stereocenters. The number of ether oxygens (including phenoxy) is 1. The van der Waals surface area contributed by atoms with Crippen molar-refractivity contribution in [2.45, 2.75) is 6.10 Å². The topological polar surface area (TPSA) is 135 Å². The van der Waals surface area contributed by atoms with Gasteiger partial charge in [0, 0.05) is 0 Å². The number of rotatable bonds is 3. The van der Waals surface area contributed by atoms with Crippen LogP contribution in [-0.4, -0.2) is 31.9 Å². The van der Waals surface area contributed by atoms with Crippen molar-refractivity contribution in [3.05, 3.63) is 68.5 Å². The molecule has 0 aromatic carbocycles. The number of hydrogen-bond acceptors (Lipinski definition) is 7. The molecular formula is C15H11N3O6. The van der Waals surface area contributed by atoms with Gasteiger partial charge in [-0.05, 0) is 18.2 Å². The maximum absolute atomic E-state index is 12.3. The quantitative estimate of drug-likeness (QED) is 0.623. The summed E-state index contributed by atoms with van der Waals surface area (Å²) in [5.74, 6) is -1.73. The number of aromatic amines is 1. The Kier molecular flexibility index (Phi) is 3.82. The van der Waals surface area contributed by atoms with Gasteiger partial charge in [0.15, 0.2) is 5.78 Å². The summed E-state index contributed by atoms with van der Waals surface area (Å²) in [5, 5.41) is 20.1. The number of nitrogens with zero attached hydrogens (tertiary/aromatic N) is 2. The molecule has 1 aliphatic carbocycles. The standard InChI is InChI=1S/C15H11N3O6/c19-13-8(7-24-10-4-2-1-3-9(10)13)5-6-11-16-14(20)12(18(22)23)15(21)17-11/h1-7,9-10H,(H2,16,17,20,21)/b6-5+/t9-,10-/m0/s1. The van der Waals surface area contributed by atoms with Crippen LogP contribution in [0.2, 0.25) is 0 Å². The van der Waals surface area contributed by atoms with Gasteiger partial charge in [-0.25, -0.2) is 0 Å². The summed E-state index contributed by atoms with van der Waals surface area (Å²) in [6.07, 6.45) is 10.6. The second kappa shape index (κ2) is 5.95. The van der Waals surface area contributed by atoms with E-state index < -0.39 is 28.0 Å². The van der Waals surface area contributed by atoms with Crippen LogP contribution in [0.4, 0.5) is 5.69 Å². The van der Waals surface area contributed by atoms with Gasteiger partial charge in [0.05, 0.1) is 22.7 Å². The van der Waals surface area contributed by atoms with Crippen LogP contribution in [0.5, 0.6) is 5.88 Å². The molecule has 1 aromatic rings. The van der Waals surface area contributed by atoms with Crippen molar-refractivity contribution in [1.29, 1.82) is 0 Å². The third-order valence-corrected chi connectivity index (χ3v) is 3.52. The lowest BCUT2D eigenvalue weighted by atomic mass is 9.88. The van der Waals surface area contributed by atoms with E-state index in [2.05, 4.69) is 9.97 Å². The lowest BCUT2D eigenvalue weighted by molar-refractivity contribution is -0.387. The molecule has 9 heteroatoms. The van der Waals surface area contributed by atoms with Crippen LogP contribution in [0, 0.1) is 16.0 Å². The first kappa shape index (κ1) is 15.4. The van der Waals surface area contributed by atoms with Gasteiger partial charge in [-0.2, -0.15) is 4.98 Å². The number of nitro groups is 1. The fourth-order valence-corrected chi connectivity index (χ4v) is 2.36. The fourth-order valence-electron chi connectivity index (χ4n) is 2.36. The Morgan fingerprint density at radius 3 is 2.75 bits per heavy atom. The number of H-pyrrole nitrogens is 1. The summed E-state index contributed by atoms with van der Waals surface area (Å²) in [4.78, 5) is 39.1. The van der Waals surface area contributed by atoms with E-state index in [9.17, 15) is 24.8 Å². The number of Topliss-reactive ketones (excluding diaryl/α,β-unsaturated/α-hetero) is 1. The summed E-state index contributed by atoms with van der Waals surface area (Å²) in [6.45, 7) is 0. The molecule has 2 aliphatic rings. The number of fused-ring (bicyclic) bond motifs is 1. The minimum atomic E-state index is -1.09. The molecule has 1 aliphatic heterocycles. The fraction of sp³-hybridized carbons (Fsp3) is 0.133. The second-order valence-corrected chi connectivity index (χ2v) is 5.05. The summed E-state index contributed by atoms with van der Waals surface area (Å²) in [6, 6.07) is 0. The maximum atomic E-state index is 12.3. The van der Waals surface area contributed by atoms with Crippen LogP contribution in [0.3, 0.4) is 0 Å². The first-order chi connectivity index (χ1) is 11.5. The Balaban J connectivity index is 1.86. The van der Waals surface area contributed by atoms with E-state index in [-0.39, 0.29) is 23.3 Å². The van der Waals surface area contributed by atoms with Crippen molar-refractivity contribution in [1.82, 2.24) is 9.97 Å². The highest BCUT2D eigenvalue weighted by atomic mass is 16.6. The van der Waals surface area contributed by atoms with Crippen LogP contribution < -0.4 is 5.56 Å². The van der Waals surface area contributed by atoms with Gasteiger partial charge in [-0.3, -0.25) is 19.7 Å². The third-order valence-electron chi connectivity index (χ3n) is 3.52. The van der Waals surface area contributed by atoms with Gasteiger partial charge < -0.3 is 14.8 Å². The molecule has 1 aromatic heterocycles. The van der Waals surface area contributed by atoms with Gasteiger partial charge in [0.25, 0.3) is 5.88 Å². The molecule has 0 amide bonds. The minimum absolute atomic E-state index is 0.127. The smallest absolute Gasteiger partial charge is 0.395 e.